The van der Waals surface area contributed by atoms with Crippen LogP contribution in [0.15, 0.2) is 30.6 Å². The lowest BCUT2D eigenvalue weighted by atomic mass is 10.2. The minimum Gasteiger partial charge on any atom is -0.399 e. The van der Waals surface area contributed by atoms with Crippen molar-refractivity contribution < 1.29 is 0 Å². The van der Waals surface area contributed by atoms with Crippen LogP contribution < -0.4 is 5.73 Å². The number of rotatable bonds is 5. The van der Waals surface area contributed by atoms with Crippen LogP contribution in [0.25, 0.3) is 11.4 Å². The van der Waals surface area contributed by atoms with Crippen LogP contribution in [0.2, 0.25) is 0 Å². The van der Waals surface area contributed by atoms with Gasteiger partial charge in [-0.2, -0.15) is 16.9 Å². The molecule has 0 atom stereocenters. The van der Waals surface area contributed by atoms with Crippen molar-refractivity contribution in [2.45, 2.75) is 13.0 Å². The normalized spacial score (nSPS) is 10.6. The van der Waals surface area contributed by atoms with Gasteiger partial charge in [0.1, 0.15) is 6.33 Å². The first kappa shape index (κ1) is 12.0. The number of hydrogen-bond acceptors (Lipinski definition) is 4. The van der Waals surface area contributed by atoms with Crippen LogP contribution in [-0.4, -0.2) is 26.8 Å². The molecule has 90 valence electrons. The van der Waals surface area contributed by atoms with E-state index in [-0.39, 0.29) is 0 Å². The Hall–Kier alpha value is -1.49. The standard InChI is InChI=1S/C12H16N4S/c1-17-7-3-6-16-9-14-12(15-16)10-4-2-5-11(13)8-10/h2,4-5,8-9H,3,6-7,13H2,1H3. The van der Waals surface area contributed by atoms with E-state index in [9.17, 15) is 0 Å². The Balaban J connectivity index is 2.07. The average molecular weight is 248 g/mol. The Labute approximate surface area is 105 Å². The number of nitrogens with zero attached hydrogens (tertiary/aromatic N) is 3. The first-order chi connectivity index (χ1) is 8.29. The molecular formula is C12H16N4S. The van der Waals surface area contributed by atoms with Gasteiger partial charge in [-0.3, -0.25) is 4.68 Å². The molecule has 1 aromatic carbocycles. The molecule has 2 aromatic rings. The molecule has 1 aromatic heterocycles. The summed E-state index contributed by atoms with van der Waals surface area (Å²) in [4.78, 5) is 4.30. The lowest BCUT2D eigenvalue weighted by Gasteiger charge is -1.99. The van der Waals surface area contributed by atoms with Crippen molar-refractivity contribution in [2.24, 2.45) is 0 Å². The first-order valence-electron chi connectivity index (χ1n) is 5.54. The maximum atomic E-state index is 5.74. The second-order valence-electron chi connectivity index (χ2n) is 3.80. The molecule has 4 nitrogen and oxygen atoms in total. The molecule has 0 amide bonds. The average Bonchev–Trinajstić information content (AvgIpc) is 2.78. The van der Waals surface area contributed by atoms with Gasteiger partial charge in [0.25, 0.3) is 0 Å². The van der Waals surface area contributed by atoms with Crippen LogP contribution in [0.4, 0.5) is 5.69 Å². The molecule has 0 saturated carbocycles. The third-order valence-corrected chi connectivity index (χ3v) is 3.11. The molecule has 1 heterocycles. The van der Waals surface area contributed by atoms with Gasteiger partial charge in [-0.25, -0.2) is 4.98 Å². The van der Waals surface area contributed by atoms with E-state index in [4.69, 9.17) is 5.73 Å². The summed E-state index contributed by atoms with van der Waals surface area (Å²) in [6.45, 7) is 0.913. The maximum absolute atomic E-state index is 5.74. The summed E-state index contributed by atoms with van der Waals surface area (Å²) in [5.41, 5.74) is 7.44. The number of benzene rings is 1. The van der Waals surface area contributed by atoms with Crippen LogP contribution in [0, 0.1) is 0 Å². The summed E-state index contributed by atoms with van der Waals surface area (Å²) in [6, 6.07) is 7.64. The SMILES string of the molecule is CSCCCn1cnc(-c2cccc(N)c2)n1. The van der Waals surface area contributed by atoms with Crippen molar-refractivity contribution in [3.05, 3.63) is 30.6 Å². The Kier molecular flexibility index (Phi) is 4.03. The van der Waals surface area contributed by atoms with E-state index in [1.807, 2.05) is 40.7 Å². The predicted molar refractivity (Wildman–Crippen MR) is 72.9 cm³/mol. The van der Waals surface area contributed by atoms with E-state index in [1.165, 1.54) is 0 Å². The van der Waals surface area contributed by atoms with Crippen molar-refractivity contribution in [1.82, 2.24) is 14.8 Å². The number of thioether (sulfide) groups is 1. The summed E-state index contributed by atoms with van der Waals surface area (Å²) in [7, 11) is 0. The molecule has 0 bridgehead atoms. The second kappa shape index (κ2) is 5.72. The summed E-state index contributed by atoms with van der Waals surface area (Å²) in [5, 5.41) is 4.43. The van der Waals surface area contributed by atoms with E-state index >= 15 is 0 Å². The number of aryl methyl sites for hydroxylation is 1. The molecular weight excluding hydrogens is 232 g/mol. The highest BCUT2D eigenvalue weighted by atomic mass is 32.2. The molecule has 0 fully saturated rings. The highest BCUT2D eigenvalue weighted by Gasteiger charge is 2.03. The number of aromatic nitrogens is 3. The maximum Gasteiger partial charge on any atom is 0.181 e. The van der Waals surface area contributed by atoms with E-state index < -0.39 is 0 Å². The summed E-state index contributed by atoms with van der Waals surface area (Å²) >= 11 is 1.85. The van der Waals surface area contributed by atoms with E-state index in [1.54, 1.807) is 6.33 Å². The van der Waals surface area contributed by atoms with Gasteiger partial charge in [0.2, 0.25) is 0 Å². The van der Waals surface area contributed by atoms with Gasteiger partial charge in [0.05, 0.1) is 0 Å². The van der Waals surface area contributed by atoms with Gasteiger partial charge in [-0.1, -0.05) is 12.1 Å². The highest BCUT2D eigenvalue weighted by Crippen LogP contribution is 2.16. The molecule has 0 unspecified atom stereocenters. The van der Waals surface area contributed by atoms with Crippen molar-refractivity contribution >= 4 is 17.4 Å². The van der Waals surface area contributed by atoms with Crippen LogP contribution in [0.1, 0.15) is 6.42 Å². The van der Waals surface area contributed by atoms with Gasteiger partial charge < -0.3 is 5.73 Å². The monoisotopic (exact) mass is 248 g/mol. The van der Waals surface area contributed by atoms with E-state index in [0.29, 0.717) is 0 Å². The zero-order valence-corrected chi connectivity index (χ0v) is 10.7. The third-order valence-electron chi connectivity index (χ3n) is 2.42. The Bertz CT molecular complexity index is 481. The van der Waals surface area contributed by atoms with Crippen molar-refractivity contribution in [1.29, 1.82) is 0 Å². The van der Waals surface area contributed by atoms with Crippen LogP contribution in [-0.2, 0) is 6.54 Å². The number of nitrogens with two attached hydrogens (primary N) is 1. The fraction of sp³-hybridized carbons (Fsp3) is 0.333. The predicted octanol–water partition coefficient (Wildman–Crippen LogP) is 2.28. The van der Waals surface area contributed by atoms with Gasteiger partial charge in [-0.05, 0) is 30.6 Å². The fourth-order valence-electron chi connectivity index (χ4n) is 1.58. The molecule has 0 saturated heterocycles. The zero-order chi connectivity index (χ0) is 12.1. The summed E-state index contributed by atoms with van der Waals surface area (Å²) < 4.78 is 1.88. The Morgan fingerprint density at radius 3 is 3.06 bits per heavy atom. The van der Waals surface area contributed by atoms with E-state index in [0.717, 1.165) is 35.8 Å². The van der Waals surface area contributed by atoms with Crippen LogP contribution in [0.5, 0.6) is 0 Å². The molecule has 17 heavy (non-hydrogen) atoms. The van der Waals surface area contributed by atoms with Gasteiger partial charge in [-0.15, -0.1) is 0 Å². The lowest BCUT2D eigenvalue weighted by Crippen LogP contribution is -1.99. The van der Waals surface area contributed by atoms with Crippen LogP contribution in [0.3, 0.4) is 0 Å². The fourth-order valence-corrected chi connectivity index (χ4v) is 2.00. The highest BCUT2D eigenvalue weighted by molar-refractivity contribution is 7.98. The van der Waals surface area contributed by atoms with E-state index in [2.05, 4.69) is 16.3 Å². The molecule has 2 N–H and O–H groups in total. The molecule has 0 aliphatic heterocycles. The molecule has 2 rings (SSSR count). The number of nitrogen functional groups attached to an aromatic ring is 1. The van der Waals surface area contributed by atoms with Gasteiger partial charge >= 0.3 is 0 Å². The van der Waals surface area contributed by atoms with Crippen molar-refractivity contribution in [3.8, 4) is 11.4 Å². The number of anilines is 1. The smallest absolute Gasteiger partial charge is 0.181 e. The zero-order valence-electron chi connectivity index (χ0n) is 9.84. The van der Waals surface area contributed by atoms with Gasteiger partial charge in [0.15, 0.2) is 5.82 Å². The molecule has 0 spiro atoms. The third kappa shape index (κ3) is 3.23. The molecule has 0 aliphatic carbocycles. The lowest BCUT2D eigenvalue weighted by molar-refractivity contribution is 0.606. The Morgan fingerprint density at radius 2 is 2.29 bits per heavy atom. The first-order valence-corrected chi connectivity index (χ1v) is 6.93. The van der Waals surface area contributed by atoms with Crippen molar-refractivity contribution in [2.75, 3.05) is 17.7 Å². The minimum absolute atomic E-state index is 0.737. The number of hydrogen-bond donors (Lipinski definition) is 1. The topological polar surface area (TPSA) is 56.7 Å². The molecule has 0 radical (unpaired) electrons. The Morgan fingerprint density at radius 1 is 1.41 bits per heavy atom. The summed E-state index contributed by atoms with van der Waals surface area (Å²) in [6.07, 6.45) is 5.00. The second-order valence-corrected chi connectivity index (χ2v) is 4.79. The van der Waals surface area contributed by atoms with Crippen LogP contribution >= 0.6 is 11.8 Å². The van der Waals surface area contributed by atoms with Gasteiger partial charge in [0, 0.05) is 17.8 Å². The molecule has 5 heteroatoms. The van der Waals surface area contributed by atoms with Crippen molar-refractivity contribution in [3.63, 3.8) is 0 Å². The quantitative estimate of drug-likeness (QED) is 0.651. The largest absolute Gasteiger partial charge is 0.399 e. The summed E-state index contributed by atoms with van der Waals surface area (Å²) in [5.74, 6) is 1.88. The molecule has 0 aliphatic rings. The minimum atomic E-state index is 0.737.